The standard InChI is InChI=1S/C14H27.C9H7BrF2O.Sn/c1-4-7-10-13-14(11-8-5-2)12-9-6-3;1-2-6-3-7(10)5-8(4-6)13-9(11)12;/h4-12H2,1-3H3;2-5,9H,1H2;. The molecule has 5 heteroatoms. The molecule has 0 aromatic heterocycles. The SMILES string of the molecule is C=Cc1cc(Br)cc(OC(F)F)c1.CCCC[C]([Sn])=C(CCCC)CCCC. The molecule has 1 rings (SSSR count). The van der Waals surface area contributed by atoms with Crippen LogP contribution in [0.1, 0.15) is 84.1 Å². The van der Waals surface area contributed by atoms with Crippen LogP contribution in [0.3, 0.4) is 0 Å². The van der Waals surface area contributed by atoms with E-state index in [1.807, 2.05) is 5.57 Å². The molecule has 0 heterocycles. The van der Waals surface area contributed by atoms with E-state index in [9.17, 15) is 8.78 Å². The third kappa shape index (κ3) is 13.8. The van der Waals surface area contributed by atoms with Crippen molar-refractivity contribution in [3.63, 3.8) is 0 Å². The van der Waals surface area contributed by atoms with Crippen LogP contribution in [0.2, 0.25) is 0 Å². The van der Waals surface area contributed by atoms with Gasteiger partial charge in [-0.2, -0.15) is 8.78 Å². The van der Waals surface area contributed by atoms with Gasteiger partial charge in [-0.1, -0.05) is 28.6 Å². The van der Waals surface area contributed by atoms with Gasteiger partial charge in [0.05, 0.1) is 0 Å². The Labute approximate surface area is 192 Å². The van der Waals surface area contributed by atoms with Gasteiger partial charge in [0.1, 0.15) is 5.75 Å². The van der Waals surface area contributed by atoms with Crippen LogP contribution in [0.15, 0.2) is 38.4 Å². The van der Waals surface area contributed by atoms with Gasteiger partial charge in [0.2, 0.25) is 0 Å². The number of hydrogen-bond acceptors (Lipinski definition) is 1. The minimum absolute atomic E-state index is 0.124. The van der Waals surface area contributed by atoms with Crippen molar-refractivity contribution in [3.8, 4) is 5.75 Å². The van der Waals surface area contributed by atoms with Crippen LogP contribution in [-0.2, 0) is 0 Å². The molecular formula is C23H34BrF2OSn. The van der Waals surface area contributed by atoms with Crippen molar-refractivity contribution >= 4 is 44.5 Å². The summed E-state index contributed by atoms with van der Waals surface area (Å²) in [6.45, 7) is 7.62. The fraction of sp³-hybridized carbons (Fsp3) is 0.565. The zero-order valence-electron chi connectivity index (χ0n) is 17.5. The number of allylic oxidation sites excluding steroid dienone is 2. The van der Waals surface area contributed by atoms with Gasteiger partial charge in [-0.05, 0) is 23.8 Å². The molecule has 0 atom stereocenters. The Kier molecular flexibility index (Phi) is 17.3. The van der Waals surface area contributed by atoms with Gasteiger partial charge in [-0.25, -0.2) is 0 Å². The van der Waals surface area contributed by atoms with Crippen LogP contribution in [0.4, 0.5) is 8.78 Å². The normalized spacial score (nSPS) is 10.3. The van der Waals surface area contributed by atoms with E-state index in [0.717, 1.165) is 5.56 Å². The van der Waals surface area contributed by atoms with Crippen LogP contribution in [0.5, 0.6) is 5.75 Å². The summed E-state index contributed by atoms with van der Waals surface area (Å²) >= 11 is 4.84. The van der Waals surface area contributed by atoms with Gasteiger partial charge in [0.25, 0.3) is 0 Å². The maximum absolute atomic E-state index is 11.8. The average Bonchev–Trinajstić information content (AvgIpc) is 2.65. The van der Waals surface area contributed by atoms with Crippen molar-refractivity contribution in [2.45, 2.75) is 85.2 Å². The van der Waals surface area contributed by atoms with Crippen molar-refractivity contribution < 1.29 is 13.5 Å². The molecule has 1 aromatic rings. The number of rotatable bonds is 12. The molecule has 0 saturated carbocycles. The Hall–Kier alpha value is -0.361. The third-order valence-electron chi connectivity index (χ3n) is 4.23. The molecule has 0 aliphatic rings. The molecule has 3 radical (unpaired) electrons. The Balaban J connectivity index is 0.000000525. The summed E-state index contributed by atoms with van der Waals surface area (Å²) in [5.41, 5.74) is 2.54. The molecule has 28 heavy (non-hydrogen) atoms. The summed E-state index contributed by atoms with van der Waals surface area (Å²) in [7, 11) is 0. The van der Waals surface area contributed by atoms with Crippen molar-refractivity contribution in [1.29, 1.82) is 0 Å². The van der Waals surface area contributed by atoms with Crippen LogP contribution >= 0.6 is 15.9 Å². The van der Waals surface area contributed by atoms with Gasteiger partial charge in [0.15, 0.2) is 0 Å². The van der Waals surface area contributed by atoms with E-state index in [1.165, 1.54) is 69.9 Å². The third-order valence-corrected chi connectivity index (χ3v) is 6.41. The Bertz CT molecular complexity index is 578. The van der Waals surface area contributed by atoms with Gasteiger partial charge in [-0.15, -0.1) is 0 Å². The van der Waals surface area contributed by atoms with E-state index in [0.29, 0.717) is 4.47 Å². The number of benzene rings is 1. The van der Waals surface area contributed by atoms with Gasteiger partial charge in [0, 0.05) is 4.47 Å². The monoisotopic (exact) mass is 563 g/mol. The van der Waals surface area contributed by atoms with Crippen LogP contribution in [0, 0.1) is 0 Å². The summed E-state index contributed by atoms with van der Waals surface area (Å²) in [4.78, 5) is 0. The van der Waals surface area contributed by atoms with Crippen LogP contribution in [-0.4, -0.2) is 29.1 Å². The van der Waals surface area contributed by atoms with E-state index >= 15 is 0 Å². The molecule has 0 N–H and O–H groups in total. The number of unbranched alkanes of at least 4 members (excludes halogenated alkanes) is 3. The summed E-state index contributed by atoms with van der Waals surface area (Å²) < 4.78 is 30.3. The van der Waals surface area contributed by atoms with E-state index < -0.39 is 6.61 Å². The van der Waals surface area contributed by atoms with Crippen molar-refractivity contribution in [2.24, 2.45) is 0 Å². The first-order valence-corrected chi connectivity index (χ1v) is 12.4. The second-order valence-corrected chi connectivity index (χ2v) is 9.33. The molecule has 0 fully saturated rings. The molecule has 0 aliphatic heterocycles. The van der Waals surface area contributed by atoms with E-state index in [1.54, 1.807) is 38.3 Å². The van der Waals surface area contributed by atoms with Crippen molar-refractivity contribution in [3.05, 3.63) is 44.0 Å². The van der Waals surface area contributed by atoms with Crippen LogP contribution < -0.4 is 4.74 Å². The number of ether oxygens (including phenoxy) is 1. The van der Waals surface area contributed by atoms with Crippen molar-refractivity contribution in [2.75, 3.05) is 0 Å². The molecule has 157 valence electrons. The summed E-state index contributed by atoms with van der Waals surface area (Å²) in [6, 6.07) is 4.72. The summed E-state index contributed by atoms with van der Waals surface area (Å²) in [6.07, 6.45) is 13.9. The zero-order valence-corrected chi connectivity index (χ0v) is 21.9. The summed E-state index contributed by atoms with van der Waals surface area (Å²) in [5, 5.41) is 0. The topological polar surface area (TPSA) is 9.23 Å². The molecular weight excluding hydrogens is 529 g/mol. The molecule has 0 spiro atoms. The molecule has 0 unspecified atom stereocenters. The molecule has 0 aliphatic carbocycles. The minimum atomic E-state index is -2.80. The Morgan fingerprint density at radius 2 is 1.57 bits per heavy atom. The van der Waals surface area contributed by atoms with Gasteiger partial charge >= 0.3 is 117 Å². The van der Waals surface area contributed by atoms with E-state index in [-0.39, 0.29) is 5.75 Å². The predicted octanol–water partition coefficient (Wildman–Crippen LogP) is 8.67. The fourth-order valence-corrected chi connectivity index (χ4v) is 4.32. The Morgan fingerprint density at radius 1 is 1.04 bits per heavy atom. The van der Waals surface area contributed by atoms with Crippen LogP contribution in [0.25, 0.3) is 6.08 Å². The maximum atomic E-state index is 11.8. The molecule has 1 nitrogen and oxygen atoms in total. The summed E-state index contributed by atoms with van der Waals surface area (Å²) in [5.74, 6) is 0.124. The number of halogens is 3. The molecule has 1 aromatic carbocycles. The predicted molar refractivity (Wildman–Crippen MR) is 122 cm³/mol. The number of hydrogen-bond donors (Lipinski definition) is 0. The fourth-order valence-electron chi connectivity index (χ4n) is 2.61. The van der Waals surface area contributed by atoms with Crippen molar-refractivity contribution in [1.82, 2.24) is 0 Å². The first kappa shape index (κ1) is 27.6. The second kappa shape index (κ2) is 17.5. The van der Waals surface area contributed by atoms with E-state index in [4.69, 9.17) is 0 Å². The molecule has 0 bridgehead atoms. The molecule has 0 saturated heterocycles. The van der Waals surface area contributed by atoms with Gasteiger partial charge < -0.3 is 4.74 Å². The van der Waals surface area contributed by atoms with Gasteiger partial charge in [-0.3, -0.25) is 0 Å². The zero-order chi connectivity index (χ0) is 21.4. The second-order valence-electron chi connectivity index (χ2n) is 6.70. The quantitative estimate of drug-likeness (QED) is 0.232. The molecule has 0 amide bonds. The van der Waals surface area contributed by atoms with E-state index in [2.05, 4.69) is 48.0 Å². The first-order chi connectivity index (χ1) is 13.4. The first-order valence-electron chi connectivity index (χ1n) is 10.2. The Morgan fingerprint density at radius 3 is 2.04 bits per heavy atom. The average molecular weight is 563 g/mol. The number of alkyl halides is 2.